The molecule has 5 rings (SSSR count). The van der Waals surface area contributed by atoms with Crippen molar-refractivity contribution in [2.75, 3.05) is 19.6 Å². The van der Waals surface area contributed by atoms with Gasteiger partial charge in [-0.25, -0.2) is 4.98 Å². The van der Waals surface area contributed by atoms with Crippen LogP contribution in [-0.2, 0) is 6.18 Å². The average Bonchev–Trinajstić information content (AvgIpc) is 3.53. The van der Waals surface area contributed by atoms with Crippen molar-refractivity contribution in [2.24, 2.45) is 21.4 Å². The highest BCUT2D eigenvalue weighted by atomic mass is 35.5. The Bertz CT molecular complexity index is 1230. The van der Waals surface area contributed by atoms with E-state index in [1.807, 2.05) is 0 Å². The van der Waals surface area contributed by atoms with Gasteiger partial charge < -0.3 is 9.32 Å². The van der Waals surface area contributed by atoms with E-state index in [0.717, 1.165) is 16.2 Å². The number of aromatic nitrogens is 2. The molecule has 3 aromatic heterocycles. The van der Waals surface area contributed by atoms with E-state index in [4.69, 9.17) is 16.0 Å². The van der Waals surface area contributed by atoms with E-state index in [0.29, 0.717) is 31.6 Å². The number of carbonyl (C=O) groups is 1. The fourth-order valence-corrected chi connectivity index (χ4v) is 4.10. The molecule has 0 saturated carbocycles. The highest BCUT2D eigenvalue weighted by Gasteiger charge is 2.38. The Balaban J connectivity index is 1.54. The van der Waals surface area contributed by atoms with Crippen molar-refractivity contribution in [3.63, 3.8) is 0 Å². The number of hydrogen-bond donors (Lipinski definition) is 0. The summed E-state index contributed by atoms with van der Waals surface area (Å²) >= 11 is 6.36. The summed E-state index contributed by atoms with van der Waals surface area (Å²) in [6, 6.07) is 2.50. The number of fused-ring (bicyclic) bond motifs is 1. The molecule has 2 aliphatic rings. The molecule has 31 heavy (non-hydrogen) atoms. The SMILES string of the molecule is O=C(c1nc2c(C(F)(F)F)cc(-c3ccoc3)cn2c1Cl)N1CCC(C2=NN=NC2)C1. The molecular formula is C19H14ClF3N6O2. The summed E-state index contributed by atoms with van der Waals surface area (Å²) < 4.78 is 47.3. The van der Waals surface area contributed by atoms with Gasteiger partial charge in [-0.1, -0.05) is 11.6 Å². The Hall–Kier alpha value is -3.21. The summed E-state index contributed by atoms with van der Waals surface area (Å²) in [5, 5.41) is 11.2. The van der Waals surface area contributed by atoms with Gasteiger partial charge in [-0.05, 0) is 23.8 Å². The first-order chi connectivity index (χ1) is 14.8. The van der Waals surface area contributed by atoms with Gasteiger partial charge >= 0.3 is 6.18 Å². The van der Waals surface area contributed by atoms with Gasteiger partial charge in [-0.15, -0.1) is 5.10 Å². The van der Waals surface area contributed by atoms with Crippen molar-refractivity contribution in [2.45, 2.75) is 12.6 Å². The average molecular weight is 451 g/mol. The van der Waals surface area contributed by atoms with Gasteiger partial charge in [0.1, 0.15) is 11.7 Å². The molecule has 0 aromatic carbocycles. The summed E-state index contributed by atoms with van der Waals surface area (Å²) in [5.74, 6) is -0.519. The van der Waals surface area contributed by atoms with Crippen molar-refractivity contribution in [3.05, 3.63) is 47.3 Å². The minimum absolute atomic E-state index is 0.00758. The van der Waals surface area contributed by atoms with Crippen LogP contribution in [0.1, 0.15) is 22.5 Å². The molecule has 5 heterocycles. The summed E-state index contributed by atoms with van der Waals surface area (Å²) in [5.41, 5.74) is -0.169. The van der Waals surface area contributed by atoms with Crippen LogP contribution in [-0.4, -0.2) is 45.5 Å². The van der Waals surface area contributed by atoms with E-state index in [1.54, 1.807) is 0 Å². The molecule has 160 valence electrons. The van der Waals surface area contributed by atoms with Gasteiger partial charge in [0.15, 0.2) is 11.3 Å². The number of halogens is 4. The maximum absolute atomic E-state index is 13.8. The van der Waals surface area contributed by atoms with Gasteiger partial charge in [-0.3, -0.25) is 9.20 Å². The van der Waals surface area contributed by atoms with E-state index >= 15 is 0 Å². The van der Waals surface area contributed by atoms with E-state index in [2.05, 4.69) is 20.4 Å². The number of amides is 1. The van der Waals surface area contributed by atoms with Crippen molar-refractivity contribution >= 4 is 28.9 Å². The minimum atomic E-state index is -4.69. The molecule has 12 heteroatoms. The summed E-state index contributed by atoms with van der Waals surface area (Å²) in [4.78, 5) is 18.6. The molecular weight excluding hydrogens is 437 g/mol. The van der Waals surface area contributed by atoms with Crippen LogP contribution in [0.15, 0.2) is 50.7 Å². The van der Waals surface area contributed by atoms with Crippen LogP contribution in [0, 0.1) is 5.92 Å². The van der Waals surface area contributed by atoms with Crippen LogP contribution >= 0.6 is 11.6 Å². The molecule has 3 aromatic rings. The first-order valence-corrected chi connectivity index (χ1v) is 9.74. The van der Waals surface area contributed by atoms with E-state index in [-0.39, 0.29) is 22.3 Å². The minimum Gasteiger partial charge on any atom is -0.472 e. The zero-order valence-electron chi connectivity index (χ0n) is 15.8. The molecule has 0 N–H and O–H groups in total. The smallest absolute Gasteiger partial charge is 0.420 e. The molecule has 1 fully saturated rings. The third-order valence-corrected chi connectivity index (χ3v) is 5.80. The molecule has 1 unspecified atom stereocenters. The molecule has 0 radical (unpaired) electrons. The second kappa shape index (κ2) is 7.19. The highest BCUT2D eigenvalue weighted by Crippen LogP contribution is 2.37. The fraction of sp³-hybridized carbons (Fsp3) is 0.316. The number of likely N-dealkylation sites (tertiary alicyclic amines) is 1. The lowest BCUT2D eigenvalue weighted by molar-refractivity contribution is -0.136. The first-order valence-electron chi connectivity index (χ1n) is 9.37. The lowest BCUT2D eigenvalue weighted by atomic mass is 10.0. The van der Waals surface area contributed by atoms with Crippen LogP contribution in [0.5, 0.6) is 0 Å². The molecule has 0 aliphatic carbocycles. The van der Waals surface area contributed by atoms with Crippen molar-refractivity contribution in [3.8, 4) is 11.1 Å². The van der Waals surface area contributed by atoms with Crippen molar-refractivity contribution in [1.29, 1.82) is 0 Å². The standard InChI is InChI=1S/C19H14ClF3N6O2/c20-16-15(18(30)28-3-1-10(7-28)14-6-24-27-26-14)25-17-13(19(21,22)23)5-12(8-29(16)17)11-2-4-31-9-11/h2,4-5,8-10H,1,3,6-7H2. The Kier molecular flexibility index (Phi) is 4.58. The van der Waals surface area contributed by atoms with Crippen LogP contribution in [0.4, 0.5) is 13.2 Å². The second-order valence-corrected chi connectivity index (χ2v) is 7.67. The maximum Gasteiger partial charge on any atom is 0.420 e. The van der Waals surface area contributed by atoms with E-state index in [1.165, 1.54) is 29.7 Å². The number of alkyl halides is 3. The van der Waals surface area contributed by atoms with Gasteiger partial charge in [-0.2, -0.15) is 18.3 Å². The molecule has 8 nitrogen and oxygen atoms in total. The molecule has 0 spiro atoms. The van der Waals surface area contributed by atoms with Gasteiger partial charge in [0.2, 0.25) is 0 Å². The molecule has 1 saturated heterocycles. The fourth-order valence-electron chi connectivity index (χ4n) is 3.85. The lowest BCUT2D eigenvalue weighted by Gasteiger charge is -2.15. The van der Waals surface area contributed by atoms with Crippen LogP contribution in [0.2, 0.25) is 5.15 Å². The van der Waals surface area contributed by atoms with E-state index in [9.17, 15) is 18.0 Å². The summed E-state index contributed by atoms with van der Waals surface area (Å²) in [6.45, 7) is 1.17. The van der Waals surface area contributed by atoms with Gasteiger partial charge in [0.05, 0.1) is 23.8 Å². The molecule has 1 amide bonds. The van der Waals surface area contributed by atoms with Crippen molar-refractivity contribution in [1.82, 2.24) is 14.3 Å². The lowest BCUT2D eigenvalue weighted by Crippen LogP contribution is -2.30. The number of nitrogens with zero attached hydrogens (tertiary/aromatic N) is 6. The topological polar surface area (TPSA) is 87.8 Å². The quantitative estimate of drug-likeness (QED) is 0.586. The summed E-state index contributed by atoms with van der Waals surface area (Å²) in [6.07, 6.45) is 0.0646. The number of furan rings is 1. The first kappa shape index (κ1) is 19.7. The third-order valence-electron chi connectivity index (χ3n) is 5.44. The van der Waals surface area contributed by atoms with Crippen molar-refractivity contribution < 1.29 is 22.4 Å². The van der Waals surface area contributed by atoms with Gasteiger partial charge in [0, 0.05) is 36.3 Å². The maximum atomic E-state index is 13.8. The normalized spacial score (nSPS) is 18.9. The Morgan fingerprint density at radius 3 is 2.81 bits per heavy atom. The third kappa shape index (κ3) is 3.38. The number of carbonyl (C=O) groups excluding carboxylic acids is 1. The Labute approximate surface area is 178 Å². The summed E-state index contributed by atoms with van der Waals surface area (Å²) in [7, 11) is 0. The largest absolute Gasteiger partial charge is 0.472 e. The zero-order valence-corrected chi connectivity index (χ0v) is 16.6. The van der Waals surface area contributed by atoms with Gasteiger partial charge in [0.25, 0.3) is 5.91 Å². The monoisotopic (exact) mass is 450 g/mol. The Morgan fingerprint density at radius 1 is 1.29 bits per heavy atom. The highest BCUT2D eigenvalue weighted by molar-refractivity contribution is 6.33. The predicted octanol–water partition coefficient (Wildman–Crippen LogP) is 4.55. The number of hydrogen-bond acceptors (Lipinski definition) is 6. The second-order valence-electron chi connectivity index (χ2n) is 7.31. The number of pyridine rings is 1. The predicted molar refractivity (Wildman–Crippen MR) is 104 cm³/mol. The van der Waals surface area contributed by atoms with Crippen LogP contribution in [0.3, 0.4) is 0 Å². The Morgan fingerprint density at radius 2 is 2.13 bits per heavy atom. The molecule has 0 bridgehead atoms. The molecule has 2 aliphatic heterocycles. The molecule has 1 atom stereocenters. The van der Waals surface area contributed by atoms with Crippen LogP contribution < -0.4 is 0 Å². The number of imidazole rings is 1. The number of rotatable bonds is 3. The zero-order chi connectivity index (χ0) is 21.8. The van der Waals surface area contributed by atoms with Crippen LogP contribution in [0.25, 0.3) is 16.8 Å². The van der Waals surface area contributed by atoms with E-state index < -0.39 is 23.3 Å².